The second-order valence-electron chi connectivity index (χ2n) is 3.46. The van der Waals surface area contributed by atoms with Crippen LogP contribution < -0.4 is 11.1 Å². The molecular formula is C11H14F2N2O2. The third-order valence-corrected chi connectivity index (χ3v) is 2.14. The van der Waals surface area contributed by atoms with Crippen molar-refractivity contribution in [2.24, 2.45) is 0 Å². The topological polar surface area (TPSA) is 64.3 Å². The first-order chi connectivity index (χ1) is 8.06. The van der Waals surface area contributed by atoms with Crippen LogP contribution in [0.15, 0.2) is 12.1 Å². The van der Waals surface area contributed by atoms with Crippen LogP contribution in [0.5, 0.6) is 0 Å². The second kappa shape index (κ2) is 6.15. The number of amides is 1. The summed E-state index contributed by atoms with van der Waals surface area (Å²) >= 11 is 0. The van der Waals surface area contributed by atoms with E-state index in [-0.39, 0.29) is 11.3 Å². The third kappa shape index (κ3) is 3.67. The van der Waals surface area contributed by atoms with E-state index in [9.17, 15) is 13.6 Å². The number of hydrogen-bond acceptors (Lipinski definition) is 3. The van der Waals surface area contributed by atoms with Crippen molar-refractivity contribution < 1.29 is 18.3 Å². The van der Waals surface area contributed by atoms with E-state index in [2.05, 4.69) is 5.32 Å². The quantitative estimate of drug-likeness (QED) is 0.606. The number of nitrogens with two attached hydrogens (primary N) is 1. The largest absolute Gasteiger partial charge is 0.396 e. The minimum atomic E-state index is -0.930. The predicted molar refractivity (Wildman–Crippen MR) is 59.6 cm³/mol. The van der Waals surface area contributed by atoms with Crippen LogP contribution in [0.2, 0.25) is 0 Å². The smallest absolute Gasteiger partial charge is 0.254 e. The van der Waals surface area contributed by atoms with E-state index < -0.39 is 17.5 Å². The van der Waals surface area contributed by atoms with Gasteiger partial charge >= 0.3 is 0 Å². The van der Waals surface area contributed by atoms with E-state index >= 15 is 0 Å². The van der Waals surface area contributed by atoms with Crippen molar-refractivity contribution in [1.29, 1.82) is 0 Å². The summed E-state index contributed by atoms with van der Waals surface area (Å²) in [6.07, 6.45) is 0.612. The van der Waals surface area contributed by atoms with Crippen LogP contribution in [-0.4, -0.2) is 26.2 Å². The van der Waals surface area contributed by atoms with Gasteiger partial charge in [0.05, 0.1) is 11.3 Å². The molecule has 1 aromatic rings. The predicted octanol–water partition coefficient (Wildman–Crippen LogP) is 1.31. The molecule has 6 heteroatoms. The molecule has 0 aromatic heterocycles. The van der Waals surface area contributed by atoms with Gasteiger partial charge in [0.25, 0.3) is 5.91 Å². The standard InChI is InChI=1S/C11H14F2N2O2/c1-17-4-2-3-15-11(16)7-5-10(14)9(13)6-8(7)12/h5-6H,2-4,14H2,1H3,(H,15,16). The van der Waals surface area contributed by atoms with E-state index in [1.807, 2.05) is 0 Å². The van der Waals surface area contributed by atoms with Crippen LogP contribution in [0.4, 0.5) is 14.5 Å². The van der Waals surface area contributed by atoms with Gasteiger partial charge in [0.2, 0.25) is 0 Å². The van der Waals surface area contributed by atoms with Gasteiger partial charge in [0.1, 0.15) is 11.6 Å². The Bertz CT molecular complexity index is 411. The highest BCUT2D eigenvalue weighted by Crippen LogP contribution is 2.16. The summed E-state index contributed by atoms with van der Waals surface area (Å²) in [7, 11) is 1.54. The summed E-state index contributed by atoms with van der Waals surface area (Å²) in [6, 6.07) is 1.58. The number of benzene rings is 1. The van der Waals surface area contributed by atoms with Gasteiger partial charge in [-0.3, -0.25) is 4.79 Å². The van der Waals surface area contributed by atoms with E-state index in [0.717, 1.165) is 6.07 Å². The SMILES string of the molecule is COCCCNC(=O)c1cc(N)c(F)cc1F. The molecule has 17 heavy (non-hydrogen) atoms. The fourth-order valence-electron chi connectivity index (χ4n) is 1.25. The number of carbonyl (C=O) groups is 1. The minimum Gasteiger partial charge on any atom is -0.396 e. The van der Waals surface area contributed by atoms with Crippen LogP contribution in [0.3, 0.4) is 0 Å². The highest BCUT2D eigenvalue weighted by Gasteiger charge is 2.14. The van der Waals surface area contributed by atoms with Gasteiger partial charge < -0.3 is 15.8 Å². The number of ether oxygens (including phenoxy) is 1. The Hall–Kier alpha value is -1.69. The zero-order valence-electron chi connectivity index (χ0n) is 9.43. The van der Waals surface area contributed by atoms with Crippen molar-refractivity contribution in [3.63, 3.8) is 0 Å². The fraction of sp³-hybridized carbons (Fsp3) is 0.364. The number of nitrogen functional groups attached to an aromatic ring is 1. The number of hydrogen-bond donors (Lipinski definition) is 2. The highest BCUT2D eigenvalue weighted by atomic mass is 19.1. The first kappa shape index (κ1) is 13.4. The molecule has 1 rings (SSSR count). The molecule has 0 aliphatic rings. The Morgan fingerprint density at radius 1 is 1.41 bits per heavy atom. The molecule has 0 aliphatic carbocycles. The normalized spacial score (nSPS) is 10.3. The first-order valence-corrected chi connectivity index (χ1v) is 5.08. The lowest BCUT2D eigenvalue weighted by atomic mass is 10.1. The first-order valence-electron chi connectivity index (χ1n) is 5.08. The summed E-state index contributed by atoms with van der Waals surface area (Å²) in [5.41, 5.74) is 4.74. The third-order valence-electron chi connectivity index (χ3n) is 2.14. The van der Waals surface area contributed by atoms with Gasteiger partial charge in [-0.1, -0.05) is 0 Å². The molecule has 0 saturated heterocycles. The molecule has 0 saturated carbocycles. The molecular weight excluding hydrogens is 230 g/mol. The Morgan fingerprint density at radius 2 is 2.12 bits per heavy atom. The molecule has 0 bridgehead atoms. The van der Waals surface area contributed by atoms with Crippen LogP contribution in [0, 0.1) is 11.6 Å². The number of anilines is 1. The van der Waals surface area contributed by atoms with Crippen molar-refractivity contribution in [2.45, 2.75) is 6.42 Å². The monoisotopic (exact) mass is 244 g/mol. The van der Waals surface area contributed by atoms with Crippen molar-refractivity contribution >= 4 is 11.6 Å². The van der Waals surface area contributed by atoms with E-state index in [4.69, 9.17) is 10.5 Å². The van der Waals surface area contributed by atoms with E-state index in [1.54, 1.807) is 7.11 Å². The summed E-state index contributed by atoms with van der Waals surface area (Å²) in [4.78, 5) is 11.5. The second-order valence-corrected chi connectivity index (χ2v) is 3.46. The average Bonchev–Trinajstić information content (AvgIpc) is 2.29. The Kier molecular flexibility index (Phi) is 4.84. The molecule has 0 radical (unpaired) electrons. The molecule has 0 fully saturated rings. The van der Waals surface area contributed by atoms with Crippen LogP contribution in [0.25, 0.3) is 0 Å². The van der Waals surface area contributed by atoms with Gasteiger partial charge in [-0.25, -0.2) is 8.78 Å². The summed E-state index contributed by atoms with van der Waals surface area (Å²) in [5, 5.41) is 2.48. The number of rotatable bonds is 5. The molecule has 94 valence electrons. The van der Waals surface area contributed by atoms with Crippen LogP contribution >= 0.6 is 0 Å². The van der Waals surface area contributed by atoms with Crippen molar-refractivity contribution in [2.75, 3.05) is 26.0 Å². The highest BCUT2D eigenvalue weighted by molar-refractivity contribution is 5.95. The molecule has 0 aliphatic heterocycles. The average molecular weight is 244 g/mol. The Balaban J connectivity index is 2.66. The number of carbonyl (C=O) groups excluding carboxylic acids is 1. The molecule has 1 aromatic carbocycles. The van der Waals surface area contributed by atoms with Crippen molar-refractivity contribution in [3.8, 4) is 0 Å². The van der Waals surface area contributed by atoms with Crippen LogP contribution in [-0.2, 0) is 4.74 Å². The molecule has 0 spiro atoms. The van der Waals surface area contributed by atoms with Gasteiger partial charge in [-0.05, 0) is 12.5 Å². The number of methoxy groups -OCH3 is 1. The fourth-order valence-corrected chi connectivity index (χ4v) is 1.25. The zero-order chi connectivity index (χ0) is 12.8. The lowest BCUT2D eigenvalue weighted by molar-refractivity contribution is 0.0944. The Morgan fingerprint density at radius 3 is 2.76 bits per heavy atom. The molecule has 0 heterocycles. The van der Waals surface area contributed by atoms with Gasteiger partial charge in [-0.15, -0.1) is 0 Å². The van der Waals surface area contributed by atoms with Gasteiger partial charge in [0, 0.05) is 26.3 Å². The summed E-state index contributed by atoms with van der Waals surface area (Å²) in [5.74, 6) is -2.43. The number of nitrogens with one attached hydrogen (secondary N) is 1. The lowest BCUT2D eigenvalue weighted by Crippen LogP contribution is -2.26. The maximum absolute atomic E-state index is 13.3. The van der Waals surface area contributed by atoms with Gasteiger partial charge in [0.15, 0.2) is 0 Å². The summed E-state index contributed by atoms with van der Waals surface area (Å²) in [6.45, 7) is 0.845. The number of halogens is 2. The Labute approximate surface area is 97.8 Å². The van der Waals surface area contributed by atoms with E-state index in [1.165, 1.54) is 0 Å². The van der Waals surface area contributed by atoms with Crippen molar-refractivity contribution in [1.82, 2.24) is 5.32 Å². The molecule has 4 nitrogen and oxygen atoms in total. The molecule has 0 unspecified atom stereocenters. The minimum absolute atomic E-state index is 0.256. The molecule has 0 atom stereocenters. The summed E-state index contributed by atoms with van der Waals surface area (Å²) < 4.78 is 30.9. The van der Waals surface area contributed by atoms with Gasteiger partial charge in [-0.2, -0.15) is 0 Å². The molecule has 3 N–H and O–H groups in total. The molecule has 1 amide bonds. The lowest BCUT2D eigenvalue weighted by Gasteiger charge is -2.07. The van der Waals surface area contributed by atoms with E-state index in [0.29, 0.717) is 25.6 Å². The zero-order valence-corrected chi connectivity index (χ0v) is 9.43. The maximum Gasteiger partial charge on any atom is 0.254 e. The van der Waals surface area contributed by atoms with Crippen molar-refractivity contribution in [3.05, 3.63) is 29.3 Å². The maximum atomic E-state index is 13.3. The van der Waals surface area contributed by atoms with Crippen LogP contribution in [0.1, 0.15) is 16.8 Å².